The van der Waals surface area contributed by atoms with Gasteiger partial charge < -0.3 is 4.74 Å². The van der Waals surface area contributed by atoms with Crippen LogP contribution in [0.1, 0.15) is 36.8 Å². The first-order valence-electron chi connectivity index (χ1n) is 9.43. The molecule has 0 N–H and O–H groups in total. The number of halogens is 1. The van der Waals surface area contributed by atoms with Crippen molar-refractivity contribution in [1.82, 2.24) is 9.29 Å². The second kappa shape index (κ2) is 7.78. The topological polar surface area (TPSA) is 59.5 Å². The second-order valence-corrected chi connectivity index (χ2v) is 9.49. The molecule has 0 saturated carbocycles. The zero-order chi connectivity index (χ0) is 18.9. The zero-order valence-corrected chi connectivity index (χ0v) is 16.7. The Morgan fingerprint density at radius 1 is 1.07 bits per heavy atom. The molecule has 0 atom stereocenters. The molecule has 1 fully saturated rings. The van der Waals surface area contributed by atoms with Crippen LogP contribution >= 0.6 is 11.6 Å². The van der Waals surface area contributed by atoms with Gasteiger partial charge in [0, 0.05) is 19.3 Å². The summed E-state index contributed by atoms with van der Waals surface area (Å²) < 4.78 is 33.5. The maximum Gasteiger partial charge on any atom is 0.243 e. The van der Waals surface area contributed by atoms with Crippen LogP contribution in [0.15, 0.2) is 41.4 Å². The van der Waals surface area contributed by atoms with Crippen LogP contribution in [0.3, 0.4) is 0 Å². The van der Waals surface area contributed by atoms with Gasteiger partial charge in [-0.1, -0.05) is 17.7 Å². The van der Waals surface area contributed by atoms with Gasteiger partial charge in [-0.15, -0.1) is 0 Å². The minimum Gasteiger partial charge on any atom is -0.473 e. The molecule has 2 aromatic rings. The highest BCUT2D eigenvalue weighted by atomic mass is 35.5. The van der Waals surface area contributed by atoms with E-state index in [1.54, 1.807) is 28.7 Å². The van der Waals surface area contributed by atoms with Gasteiger partial charge in [0.1, 0.15) is 11.1 Å². The van der Waals surface area contributed by atoms with E-state index in [-0.39, 0.29) is 6.10 Å². The molecule has 0 bridgehead atoms. The molecule has 4 rings (SSSR count). The van der Waals surface area contributed by atoms with Gasteiger partial charge in [0.15, 0.2) is 0 Å². The fourth-order valence-corrected chi connectivity index (χ4v) is 5.51. The third-order valence-electron chi connectivity index (χ3n) is 5.36. The Morgan fingerprint density at radius 2 is 1.81 bits per heavy atom. The molecule has 2 aliphatic rings. The van der Waals surface area contributed by atoms with Crippen molar-refractivity contribution in [2.45, 2.75) is 49.5 Å². The number of benzene rings is 1. The largest absolute Gasteiger partial charge is 0.473 e. The Hall–Kier alpha value is -1.63. The van der Waals surface area contributed by atoms with Gasteiger partial charge in [-0.25, -0.2) is 13.4 Å². The quantitative estimate of drug-likeness (QED) is 0.773. The zero-order valence-electron chi connectivity index (χ0n) is 15.1. The predicted molar refractivity (Wildman–Crippen MR) is 105 cm³/mol. The van der Waals surface area contributed by atoms with E-state index in [0.717, 1.165) is 19.3 Å². The Bertz CT molecular complexity index is 925. The number of fused-ring (bicyclic) bond motifs is 1. The summed E-state index contributed by atoms with van der Waals surface area (Å²) in [4.78, 5) is 4.55. The average Bonchev–Trinajstić information content (AvgIpc) is 2.70. The maximum atomic E-state index is 13.0. The molecular formula is C20H23ClN2O3S. The first kappa shape index (κ1) is 18.7. The fraction of sp³-hybridized carbons (Fsp3) is 0.450. The highest BCUT2D eigenvalue weighted by molar-refractivity contribution is 7.89. The van der Waals surface area contributed by atoms with Gasteiger partial charge in [0.2, 0.25) is 15.9 Å². The number of hydrogen-bond donors (Lipinski definition) is 0. The highest BCUT2D eigenvalue weighted by Crippen LogP contribution is 2.29. The van der Waals surface area contributed by atoms with Crippen molar-refractivity contribution in [3.05, 3.63) is 52.7 Å². The van der Waals surface area contributed by atoms with E-state index in [4.69, 9.17) is 16.3 Å². The molecule has 1 aromatic heterocycles. The van der Waals surface area contributed by atoms with Crippen molar-refractivity contribution in [3.8, 4) is 5.88 Å². The van der Waals surface area contributed by atoms with Crippen LogP contribution in [-0.2, 0) is 22.9 Å². The van der Waals surface area contributed by atoms with Gasteiger partial charge in [0.05, 0.1) is 4.90 Å². The molecular weight excluding hydrogens is 384 g/mol. The Morgan fingerprint density at radius 3 is 2.56 bits per heavy atom. The van der Waals surface area contributed by atoms with Crippen molar-refractivity contribution in [2.24, 2.45) is 0 Å². The maximum absolute atomic E-state index is 13.0. The molecule has 0 amide bonds. The van der Waals surface area contributed by atoms with Crippen LogP contribution in [0.4, 0.5) is 0 Å². The molecule has 0 unspecified atom stereocenters. The predicted octanol–water partition coefficient (Wildman–Crippen LogP) is 3.85. The molecule has 144 valence electrons. The van der Waals surface area contributed by atoms with Gasteiger partial charge >= 0.3 is 0 Å². The summed E-state index contributed by atoms with van der Waals surface area (Å²) in [5.41, 5.74) is 2.48. The summed E-state index contributed by atoms with van der Waals surface area (Å²) in [6.45, 7) is 0.878. The summed E-state index contributed by atoms with van der Waals surface area (Å²) in [5.74, 6) is 0.412. The number of ether oxygens (including phenoxy) is 1. The van der Waals surface area contributed by atoms with E-state index in [2.05, 4.69) is 4.98 Å². The third kappa shape index (κ3) is 3.98. The molecule has 7 heteroatoms. The van der Waals surface area contributed by atoms with E-state index in [1.165, 1.54) is 17.5 Å². The lowest BCUT2D eigenvalue weighted by Gasteiger charge is -2.31. The van der Waals surface area contributed by atoms with Crippen LogP contribution in [-0.4, -0.2) is 36.9 Å². The summed E-state index contributed by atoms with van der Waals surface area (Å²) in [7, 11) is -3.46. The summed E-state index contributed by atoms with van der Waals surface area (Å²) >= 11 is 6.09. The molecule has 1 aromatic carbocycles. The number of aryl methyl sites for hydroxylation is 2. The van der Waals surface area contributed by atoms with Crippen molar-refractivity contribution in [1.29, 1.82) is 0 Å². The molecule has 1 aliphatic carbocycles. The fourth-order valence-electron chi connectivity index (χ4n) is 3.83. The SMILES string of the molecule is O=S(=O)(c1ccc2c(c1)CCCC2)N1CCC(Oc2ncccc2Cl)CC1. The number of hydrogen-bond acceptors (Lipinski definition) is 4. The molecule has 0 spiro atoms. The number of aromatic nitrogens is 1. The van der Waals surface area contributed by atoms with E-state index < -0.39 is 10.0 Å². The van der Waals surface area contributed by atoms with Crippen LogP contribution < -0.4 is 4.74 Å². The second-order valence-electron chi connectivity index (χ2n) is 7.15. The highest BCUT2D eigenvalue weighted by Gasteiger charge is 2.31. The Labute approximate surface area is 165 Å². The van der Waals surface area contributed by atoms with Gasteiger partial charge in [-0.3, -0.25) is 0 Å². The number of sulfonamides is 1. The van der Waals surface area contributed by atoms with Crippen LogP contribution in [0, 0.1) is 0 Å². The van der Waals surface area contributed by atoms with Crippen molar-refractivity contribution in [2.75, 3.05) is 13.1 Å². The molecule has 1 aliphatic heterocycles. The van der Waals surface area contributed by atoms with Crippen LogP contribution in [0.5, 0.6) is 5.88 Å². The van der Waals surface area contributed by atoms with Crippen molar-refractivity contribution < 1.29 is 13.2 Å². The van der Waals surface area contributed by atoms with E-state index in [9.17, 15) is 8.42 Å². The normalized spacial score (nSPS) is 18.9. The number of rotatable bonds is 4. The first-order chi connectivity index (χ1) is 13.0. The van der Waals surface area contributed by atoms with Crippen molar-refractivity contribution in [3.63, 3.8) is 0 Å². The van der Waals surface area contributed by atoms with Gasteiger partial charge in [0.25, 0.3) is 0 Å². The average molecular weight is 407 g/mol. The van der Waals surface area contributed by atoms with Crippen LogP contribution in [0.2, 0.25) is 5.02 Å². The molecule has 1 saturated heterocycles. The first-order valence-corrected chi connectivity index (χ1v) is 11.2. The van der Waals surface area contributed by atoms with Gasteiger partial charge in [-0.2, -0.15) is 4.31 Å². The van der Waals surface area contributed by atoms with Gasteiger partial charge in [-0.05, 0) is 73.9 Å². The number of piperidine rings is 1. The minimum absolute atomic E-state index is 0.0765. The lowest BCUT2D eigenvalue weighted by atomic mass is 9.92. The minimum atomic E-state index is -3.46. The number of nitrogens with zero attached hydrogens (tertiary/aromatic N) is 2. The molecule has 0 radical (unpaired) electrons. The molecule has 27 heavy (non-hydrogen) atoms. The van der Waals surface area contributed by atoms with E-state index in [1.807, 2.05) is 12.1 Å². The van der Waals surface area contributed by atoms with Crippen molar-refractivity contribution >= 4 is 21.6 Å². The smallest absolute Gasteiger partial charge is 0.243 e. The Balaban J connectivity index is 1.43. The Kier molecular flexibility index (Phi) is 5.39. The van der Waals surface area contributed by atoms with Crippen LogP contribution in [0.25, 0.3) is 0 Å². The molecule has 5 nitrogen and oxygen atoms in total. The lowest BCUT2D eigenvalue weighted by Crippen LogP contribution is -2.41. The standard InChI is InChI=1S/C20H23ClN2O3S/c21-19-6-3-11-22-20(19)26-17-9-12-23(13-10-17)27(24,25)18-8-7-15-4-1-2-5-16(15)14-18/h3,6-8,11,14,17H,1-2,4-5,9-10,12-13H2. The lowest BCUT2D eigenvalue weighted by molar-refractivity contribution is 0.130. The summed E-state index contributed by atoms with van der Waals surface area (Å²) in [6.07, 6.45) is 7.15. The third-order valence-corrected chi connectivity index (χ3v) is 7.54. The number of pyridine rings is 1. The molecule has 2 heterocycles. The summed E-state index contributed by atoms with van der Waals surface area (Å²) in [5, 5.41) is 0.474. The summed E-state index contributed by atoms with van der Waals surface area (Å²) in [6, 6.07) is 9.11. The monoisotopic (exact) mass is 406 g/mol. The van der Waals surface area contributed by atoms with E-state index in [0.29, 0.717) is 41.7 Å². The van der Waals surface area contributed by atoms with E-state index >= 15 is 0 Å².